The molecule has 0 aliphatic carbocycles. The van der Waals surface area contributed by atoms with Gasteiger partial charge < -0.3 is 4.74 Å². The second-order valence-electron chi connectivity index (χ2n) is 1.18. The van der Waals surface area contributed by atoms with Crippen LogP contribution < -0.4 is 0 Å². The molecule has 0 amide bonds. The first kappa shape index (κ1) is 4.46. The van der Waals surface area contributed by atoms with Gasteiger partial charge in [-0.05, 0) is 0 Å². The third-order valence-corrected chi connectivity index (χ3v) is 0.760. The highest BCUT2D eigenvalue weighted by molar-refractivity contribution is 4.73. The molecule has 0 saturated carbocycles. The molecule has 0 aromatic rings. The molecule has 1 rings (SSSR count). The molecule has 3 heteroatoms. The molecule has 7 heavy (non-hydrogen) atoms. The molecule has 0 aromatic heterocycles. The van der Waals surface area contributed by atoms with Crippen LogP contribution in [0.5, 0.6) is 0 Å². The minimum absolute atomic E-state index is 0.510. The Labute approximate surface area is 42.1 Å². The summed E-state index contributed by atoms with van der Waals surface area (Å²) in [6, 6.07) is 0. The summed E-state index contributed by atoms with van der Waals surface area (Å²) in [5.41, 5.74) is 0. The second-order valence-corrected chi connectivity index (χ2v) is 1.18. The van der Waals surface area contributed by atoms with Gasteiger partial charge in [-0.1, -0.05) is 0 Å². The van der Waals surface area contributed by atoms with Crippen molar-refractivity contribution in [2.75, 3.05) is 13.8 Å². The quantitative estimate of drug-likeness (QED) is 0.474. The topological polar surface area (TPSA) is 21.7 Å². The van der Waals surface area contributed by atoms with Crippen molar-refractivity contribution in [3.05, 3.63) is 12.5 Å². The van der Waals surface area contributed by atoms with Gasteiger partial charge in [-0.25, -0.2) is 5.06 Å². The average Bonchev–Trinajstić information content (AvgIpc) is 2.14. The third kappa shape index (κ3) is 0.838. The number of hydrogen-bond acceptors (Lipinski definition) is 3. The Morgan fingerprint density at radius 2 is 2.71 bits per heavy atom. The van der Waals surface area contributed by atoms with Gasteiger partial charge in [0.05, 0.1) is 13.3 Å². The molecule has 0 atom stereocenters. The zero-order valence-electron chi connectivity index (χ0n) is 4.13. The fourth-order valence-electron chi connectivity index (χ4n) is 0.384. The number of nitrogens with zero attached hydrogens (tertiary/aromatic N) is 1. The Morgan fingerprint density at radius 3 is 3.00 bits per heavy atom. The maximum Gasteiger partial charge on any atom is 0.183 e. The maximum absolute atomic E-state index is 4.77. The lowest BCUT2D eigenvalue weighted by Gasteiger charge is -2.07. The molecule has 3 nitrogen and oxygen atoms in total. The lowest BCUT2D eigenvalue weighted by Crippen LogP contribution is -2.12. The first-order valence-electron chi connectivity index (χ1n) is 2.02. The maximum atomic E-state index is 4.77. The molecule has 0 fully saturated rings. The molecule has 0 saturated heterocycles. The molecular formula is C4H7NO2. The predicted octanol–water partition coefficient (Wildman–Crippen LogP) is 0.309. The van der Waals surface area contributed by atoms with Gasteiger partial charge in [0.25, 0.3) is 0 Å². The Bertz CT molecular complexity index is 81.8. The van der Waals surface area contributed by atoms with Crippen LogP contribution >= 0.6 is 0 Å². The van der Waals surface area contributed by atoms with E-state index in [1.807, 2.05) is 0 Å². The van der Waals surface area contributed by atoms with E-state index in [1.54, 1.807) is 24.6 Å². The van der Waals surface area contributed by atoms with E-state index in [0.717, 1.165) is 0 Å². The second kappa shape index (κ2) is 1.84. The van der Waals surface area contributed by atoms with Crippen molar-refractivity contribution in [2.24, 2.45) is 0 Å². The Kier molecular flexibility index (Phi) is 1.17. The molecule has 1 aliphatic rings. The van der Waals surface area contributed by atoms with Crippen molar-refractivity contribution < 1.29 is 9.57 Å². The lowest BCUT2D eigenvalue weighted by atomic mass is 11.0. The van der Waals surface area contributed by atoms with Gasteiger partial charge in [-0.15, -0.1) is 0 Å². The van der Waals surface area contributed by atoms with E-state index in [-0.39, 0.29) is 0 Å². The number of ether oxygens (including phenoxy) is 1. The van der Waals surface area contributed by atoms with Gasteiger partial charge in [-0.2, -0.15) is 0 Å². The van der Waals surface area contributed by atoms with E-state index in [4.69, 9.17) is 9.57 Å². The van der Waals surface area contributed by atoms with E-state index >= 15 is 0 Å². The average molecular weight is 101 g/mol. The summed E-state index contributed by atoms with van der Waals surface area (Å²) in [5.74, 6) is 0. The smallest absolute Gasteiger partial charge is 0.183 e. The summed E-state index contributed by atoms with van der Waals surface area (Å²) in [5, 5.41) is 1.58. The van der Waals surface area contributed by atoms with Gasteiger partial charge in [-0.3, -0.25) is 4.84 Å². The normalized spacial score (nSPS) is 17.6. The monoisotopic (exact) mass is 101 g/mol. The van der Waals surface area contributed by atoms with E-state index in [9.17, 15) is 0 Å². The van der Waals surface area contributed by atoms with Crippen LogP contribution in [0.3, 0.4) is 0 Å². The van der Waals surface area contributed by atoms with Crippen molar-refractivity contribution in [1.82, 2.24) is 5.06 Å². The number of rotatable bonds is 1. The van der Waals surface area contributed by atoms with Crippen LogP contribution in [0.15, 0.2) is 12.5 Å². The Balaban J connectivity index is 2.28. The van der Waals surface area contributed by atoms with Gasteiger partial charge in [0.2, 0.25) is 0 Å². The van der Waals surface area contributed by atoms with Crippen molar-refractivity contribution in [1.29, 1.82) is 0 Å². The molecule has 1 aliphatic heterocycles. The van der Waals surface area contributed by atoms with Crippen LogP contribution in [0.2, 0.25) is 0 Å². The van der Waals surface area contributed by atoms with Crippen LogP contribution in [0, 0.1) is 0 Å². The molecule has 0 radical (unpaired) electrons. The molecule has 0 bridgehead atoms. The van der Waals surface area contributed by atoms with E-state index in [2.05, 4.69) is 0 Å². The highest BCUT2D eigenvalue weighted by atomic mass is 16.7. The van der Waals surface area contributed by atoms with Gasteiger partial charge in [0.1, 0.15) is 6.26 Å². The highest BCUT2D eigenvalue weighted by Gasteiger charge is 1.99. The van der Waals surface area contributed by atoms with E-state index in [0.29, 0.717) is 6.73 Å². The summed E-state index contributed by atoms with van der Waals surface area (Å²) >= 11 is 0. The minimum Gasteiger partial charge on any atom is -0.477 e. The van der Waals surface area contributed by atoms with Gasteiger partial charge in [0, 0.05) is 0 Å². The van der Waals surface area contributed by atoms with E-state index in [1.165, 1.54) is 0 Å². The first-order chi connectivity index (χ1) is 3.43. The predicted molar refractivity (Wildman–Crippen MR) is 23.9 cm³/mol. The van der Waals surface area contributed by atoms with Gasteiger partial charge in [0.15, 0.2) is 6.73 Å². The molecule has 1 heterocycles. The minimum atomic E-state index is 0.510. The molecular weight excluding hydrogens is 94.0 g/mol. The first-order valence-corrected chi connectivity index (χ1v) is 2.02. The van der Waals surface area contributed by atoms with Crippen molar-refractivity contribution >= 4 is 0 Å². The largest absolute Gasteiger partial charge is 0.477 e. The van der Waals surface area contributed by atoms with Crippen LogP contribution in [0.4, 0.5) is 0 Å². The summed E-state index contributed by atoms with van der Waals surface area (Å²) < 4.78 is 4.77. The van der Waals surface area contributed by atoms with Crippen LogP contribution in [-0.4, -0.2) is 18.9 Å². The standard InChI is InChI=1S/C4H7NO2/c1-6-5-2-3-7-4-5/h2-3H,4H2,1H3. The van der Waals surface area contributed by atoms with Crippen molar-refractivity contribution in [3.63, 3.8) is 0 Å². The SMILES string of the molecule is CON1C=COC1. The van der Waals surface area contributed by atoms with E-state index < -0.39 is 0 Å². The number of hydroxylamine groups is 2. The van der Waals surface area contributed by atoms with Crippen molar-refractivity contribution in [2.45, 2.75) is 0 Å². The van der Waals surface area contributed by atoms with Gasteiger partial charge >= 0.3 is 0 Å². The zero-order chi connectivity index (χ0) is 5.11. The van der Waals surface area contributed by atoms with Crippen LogP contribution in [0.25, 0.3) is 0 Å². The molecule has 0 aromatic carbocycles. The van der Waals surface area contributed by atoms with Crippen molar-refractivity contribution in [3.8, 4) is 0 Å². The summed E-state index contributed by atoms with van der Waals surface area (Å²) in [6.07, 6.45) is 3.31. The Morgan fingerprint density at radius 1 is 1.86 bits per heavy atom. The highest BCUT2D eigenvalue weighted by Crippen LogP contribution is 1.97. The Hall–Kier alpha value is -0.700. The summed E-state index contributed by atoms with van der Waals surface area (Å²) in [7, 11) is 1.60. The van der Waals surface area contributed by atoms with Crippen LogP contribution in [0.1, 0.15) is 0 Å². The third-order valence-electron chi connectivity index (χ3n) is 0.760. The number of hydrogen-bond donors (Lipinski definition) is 0. The van der Waals surface area contributed by atoms with Crippen LogP contribution in [-0.2, 0) is 9.57 Å². The fraction of sp³-hybridized carbons (Fsp3) is 0.500. The lowest BCUT2D eigenvalue weighted by molar-refractivity contribution is -0.117. The summed E-state index contributed by atoms with van der Waals surface area (Å²) in [6.45, 7) is 0.510. The molecule has 0 spiro atoms. The fourth-order valence-corrected chi connectivity index (χ4v) is 0.384. The molecule has 0 unspecified atom stereocenters. The summed E-state index contributed by atoms with van der Waals surface area (Å²) in [4.78, 5) is 4.73. The molecule has 0 N–H and O–H groups in total. The zero-order valence-corrected chi connectivity index (χ0v) is 4.13. The molecule has 40 valence electrons.